The van der Waals surface area contributed by atoms with E-state index in [1.165, 1.54) is 57.8 Å². The van der Waals surface area contributed by atoms with Crippen molar-refractivity contribution in [3.05, 3.63) is 29.8 Å². The van der Waals surface area contributed by atoms with Gasteiger partial charge in [-0.15, -0.1) is 0 Å². The van der Waals surface area contributed by atoms with Crippen LogP contribution in [0.5, 0.6) is 0 Å². The molecule has 5 heteroatoms. The number of aryl methyl sites for hydroxylation is 1. The maximum atomic E-state index is 13.0. The lowest BCUT2D eigenvalue weighted by atomic mass is 10.0. The highest BCUT2D eigenvalue weighted by molar-refractivity contribution is 7.92. The van der Waals surface area contributed by atoms with E-state index in [1.807, 2.05) is 6.92 Å². The SMILES string of the molecule is CCCCCCCCCCCCCCC(C(=O)OCC)S(=O)(=O)c1ccc(C)cc1. The molecule has 0 aliphatic rings. The second-order valence-electron chi connectivity index (χ2n) is 8.28. The van der Waals surface area contributed by atoms with Gasteiger partial charge in [-0.05, 0) is 32.4 Å². The van der Waals surface area contributed by atoms with Gasteiger partial charge < -0.3 is 4.74 Å². The van der Waals surface area contributed by atoms with Gasteiger partial charge in [0.2, 0.25) is 0 Å². The molecule has 1 rings (SSSR count). The predicted molar refractivity (Wildman–Crippen MR) is 124 cm³/mol. The van der Waals surface area contributed by atoms with Crippen LogP contribution in [0.4, 0.5) is 0 Å². The molecule has 0 radical (unpaired) electrons. The van der Waals surface area contributed by atoms with E-state index in [0.717, 1.165) is 24.8 Å². The van der Waals surface area contributed by atoms with Crippen LogP contribution in [0.25, 0.3) is 0 Å². The van der Waals surface area contributed by atoms with Gasteiger partial charge in [-0.2, -0.15) is 0 Å². The lowest BCUT2D eigenvalue weighted by Crippen LogP contribution is -2.32. The number of hydrogen-bond acceptors (Lipinski definition) is 4. The van der Waals surface area contributed by atoms with Crippen molar-refractivity contribution in [2.75, 3.05) is 6.61 Å². The number of esters is 1. The number of ether oxygens (including phenoxy) is 1. The zero-order chi connectivity index (χ0) is 22.2. The van der Waals surface area contributed by atoms with Crippen LogP contribution in [-0.4, -0.2) is 26.2 Å². The summed E-state index contributed by atoms with van der Waals surface area (Å²) in [5.74, 6) is -0.624. The highest BCUT2D eigenvalue weighted by Gasteiger charge is 2.34. The number of sulfone groups is 1. The first kappa shape index (κ1) is 26.7. The van der Waals surface area contributed by atoms with Crippen LogP contribution in [0, 0.1) is 6.92 Å². The van der Waals surface area contributed by atoms with Crippen molar-refractivity contribution in [1.82, 2.24) is 0 Å². The molecule has 1 aromatic rings. The Balaban J connectivity index is 2.38. The van der Waals surface area contributed by atoms with Gasteiger partial charge in [0.15, 0.2) is 15.1 Å². The van der Waals surface area contributed by atoms with Crippen LogP contribution < -0.4 is 0 Å². The van der Waals surface area contributed by atoms with Gasteiger partial charge in [0.25, 0.3) is 0 Å². The minimum atomic E-state index is -3.73. The van der Waals surface area contributed by atoms with Gasteiger partial charge in [0.05, 0.1) is 11.5 Å². The topological polar surface area (TPSA) is 60.4 Å². The fraction of sp³-hybridized carbons (Fsp3) is 0.720. The Labute approximate surface area is 184 Å². The summed E-state index contributed by atoms with van der Waals surface area (Å²) in [6.45, 7) is 6.05. The highest BCUT2D eigenvalue weighted by Crippen LogP contribution is 2.23. The Hall–Kier alpha value is -1.36. The summed E-state index contributed by atoms with van der Waals surface area (Å²) in [5.41, 5.74) is 0.989. The quantitative estimate of drug-likeness (QED) is 0.198. The van der Waals surface area contributed by atoms with Crippen LogP contribution >= 0.6 is 0 Å². The van der Waals surface area contributed by atoms with Crippen molar-refractivity contribution >= 4 is 15.8 Å². The molecule has 1 atom stereocenters. The monoisotopic (exact) mass is 438 g/mol. The van der Waals surface area contributed by atoms with Crippen LogP contribution in [0.2, 0.25) is 0 Å². The first-order valence-corrected chi connectivity index (χ1v) is 13.4. The van der Waals surface area contributed by atoms with Crippen LogP contribution in [0.1, 0.15) is 103 Å². The number of hydrogen-bond donors (Lipinski definition) is 0. The Morgan fingerprint density at radius 1 is 0.800 bits per heavy atom. The zero-order valence-corrected chi connectivity index (χ0v) is 20.1. The second-order valence-corrected chi connectivity index (χ2v) is 10.4. The molecule has 0 fully saturated rings. The molecule has 0 aliphatic heterocycles. The molecular weight excluding hydrogens is 396 g/mol. The van der Waals surface area contributed by atoms with Gasteiger partial charge >= 0.3 is 5.97 Å². The standard InChI is InChI=1S/C25H42O4S/c1-4-6-7-8-9-10-11-12-13-14-15-16-17-24(25(26)29-5-2)30(27,28)23-20-18-22(3)19-21-23/h18-21,24H,4-17H2,1-3H3. The molecule has 1 unspecified atom stereocenters. The molecule has 0 N–H and O–H groups in total. The van der Waals surface area contributed by atoms with E-state index in [9.17, 15) is 13.2 Å². The lowest BCUT2D eigenvalue weighted by Gasteiger charge is -2.16. The van der Waals surface area contributed by atoms with Crippen LogP contribution in [-0.2, 0) is 19.4 Å². The van der Waals surface area contributed by atoms with E-state index in [1.54, 1.807) is 31.2 Å². The van der Waals surface area contributed by atoms with Crippen LogP contribution in [0.15, 0.2) is 29.2 Å². The van der Waals surface area contributed by atoms with E-state index in [4.69, 9.17) is 4.74 Å². The van der Waals surface area contributed by atoms with E-state index in [2.05, 4.69) is 6.92 Å². The van der Waals surface area contributed by atoms with Crippen molar-refractivity contribution in [2.24, 2.45) is 0 Å². The first-order chi connectivity index (χ1) is 14.4. The van der Waals surface area contributed by atoms with Gasteiger partial charge in [-0.3, -0.25) is 4.79 Å². The van der Waals surface area contributed by atoms with Gasteiger partial charge in [-0.25, -0.2) is 8.42 Å². The van der Waals surface area contributed by atoms with Gasteiger partial charge in [-0.1, -0.05) is 102 Å². The molecular formula is C25H42O4S. The molecule has 0 saturated heterocycles. The van der Waals surface area contributed by atoms with Crippen molar-refractivity contribution < 1.29 is 17.9 Å². The molecule has 0 aromatic heterocycles. The summed E-state index contributed by atoms with van der Waals surface area (Å²) >= 11 is 0. The average molecular weight is 439 g/mol. The zero-order valence-electron chi connectivity index (χ0n) is 19.3. The first-order valence-electron chi connectivity index (χ1n) is 11.9. The van der Waals surface area contributed by atoms with E-state index in [0.29, 0.717) is 6.42 Å². The summed E-state index contributed by atoms with van der Waals surface area (Å²) in [4.78, 5) is 12.6. The maximum Gasteiger partial charge on any atom is 0.324 e. The lowest BCUT2D eigenvalue weighted by molar-refractivity contribution is -0.142. The molecule has 0 heterocycles. The molecule has 0 amide bonds. The Bertz CT molecular complexity index is 680. The summed E-state index contributed by atoms with van der Waals surface area (Å²) in [6.07, 6.45) is 14.9. The summed E-state index contributed by atoms with van der Waals surface area (Å²) in [6, 6.07) is 6.69. The smallest absolute Gasteiger partial charge is 0.324 e. The van der Waals surface area contributed by atoms with Crippen molar-refractivity contribution in [1.29, 1.82) is 0 Å². The van der Waals surface area contributed by atoms with Crippen molar-refractivity contribution in [2.45, 2.75) is 114 Å². The number of carbonyl (C=O) groups is 1. The van der Waals surface area contributed by atoms with Crippen LogP contribution in [0.3, 0.4) is 0 Å². The predicted octanol–water partition coefficient (Wildman–Crippen LogP) is 6.79. The summed E-state index contributed by atoms with van der Waals surface area (Å²) in [5, 5.41) is -1.11. The van der Waals surface area contributed by atoms with Crippen molar-refractivity contribution in [3.63, 3.8) is 0 Å². The van der Waals surface area contributed by atoms with E-state index in [-0.39, 0.29) is 11.5 Å². The third-order valence-corrected chi connectivity index (χ3v) is 7.70. The highest BCUT2D eigenvalue weighted by atomic mass is 32.2. The minimum absolute atomic E-state index is 0.192. The molecule has 172 valence electrons. The number of rotatable bonds is 17. The molecule has 0 aliphatic carbocycles. The second kappa shape index (κ2) is 15.4. The Morgan fingerprint density at radius 3 is 1.73 bits per heavy atom. The van der Waals surface area contributed by atoms with E-state index >= 15 is 0 Å². The molecule has 0 saturated carbocycles. The fourth-order valence-electron chi connectivity index (χ4n) is 3.70. The molecule has 0 spiro atoms. The Kier molecular flexibility index (Phi) is 13.7. The third-order valence-electron chi connectivity index (χ3n) is 5.59. The Morgan fingerprint density at radius 2 is 1.27 bits per heavy atom. The molecule has 4 nitrogen and oxygen atoms in total. The average Bonchev–Trinajstić information content (AvgIpc) is 2.71. The molecule has 1 aromatic carbocycles. The van der Waals surface area contributed by atoms with Gasteiger partial charge in [0.1, 0.15) is 0 Å². The fourth-order valence-corrected chi connectivity index (χ4v) is 5.34. The maximum absolute atomic E-state index is 13.0. The van der Waals surface area contributed by atoms with Crippen molar-refractivity contribution in [3.8, 4) is 0 Å². The normalized spacial score (nSPS) is 12.6. The molecule has 30 heavy (non-hydrogen) atoms. The summed E-state index contributed by atoms with van der Waals surface area (Å²) in [7, 11) is -3.73. The molecule has 0 bridgehead atoms. The largest absolute Gasteiger partial charge is 0.465 e. The number of unbranched alkanes of at least 4 members (excludes halogenated alkanes) is 11. The van der Waals surface area contributed by atoms with E-state index < -0.39 is 21.1 Å². The summed E-state index contributed by atoms with van der Waals surface area (Å²) < 4.78 is 31.1. The third kappa shape index (κ3) is 10.1. The number of benzene rings is 1. The minimum Gasteiger partial charge on any atom is -0.465 e. The number of carbonyl (C=O) groups excluding carboxylic acids is 1. The van der Waals surface area contributed by atoms with Gasteiger partial charge in [0, 0.05) is 0 Å².